The zero-order valence-corrected chi connectivity index (χ0v) is 34.5. The summed E-state index contributed by atoms with van der Waals surface area (Å²) in [4.78, 5) is 66.2. The van der Waals surface area contributed by atoms with Crippen LogP contribution in [-0.4, -0.2) is 88.8 Å². The molecule has 6 nitrogen and oxygen atoms in total. The summed E-state index contributed by atoms with van der Waals surface area (Å²) in [5.41, 5.74) is -3.92. The zero-order chi connectivity index (χ0) is 47.6. The molecule has 0 N–H and O–H groups in total. The van der Waals surface area contributed by atoms with E-state index in [1.54, 1.807) is 0 Å². The Labute approximate surface area is 397 Å². The van der Waals surface area contributed by atoms with Crippen LogP contribution >= 0.6 is 0 Å². The van der Waals surface area contributed by atoms with Gasteiger partial charge >= 0.3 is 148 Å². The zero-order valence-electron chi connectivity index (χ0n) is 31.0. The summed E-state index contributed by atoms with van der Waals surface area (Å²) in [6.07, 6.45) is -24.8. The molecular formula is C30H33F21O6Yb2+6. The Morgan fingerprint density at radius 3 is 0.475 bits per heavy atom. The average Bonchev–Trinajstić information content (AvgIpc) is 2.93. The van der Waals surface area contributed by atoms with Crippen molar-refractivity contribution in [3.63, 3.8) is 0 Å². The van der Waals surface area contributed by atoms with E-state index in [0.717, 1.165) is 0 Å². The first-order valence-electron chi connectivity index (χ1n) is 14.8. The van der Waals surface area contributed by atoms with Crippen LogP contribution in [0.15, 0.2) is 0 Å². The Morgan fingerprint density at radius 2 is 0.390 bits per heavy atom. The summed E-state index contributed by atoms with van der Waals surface area (Å²) >= 11 is 0. The van der Waals surface area contributed by atoms with Crippen molar-refractivity contribution in [2.24, 2.45) is 16.2 Å². The summed E-state index contributed by atoms with van der Waals surface area (Å²) in [6.45, 7) is 10.9. The van der Waals surface area contributed by atoms with E-state index < -0.39 is 124 Å². The fourth-order valence-corrected chi connectivity index (χ4v) is 2.63. The Bertz CT molecular complexity index is 1320. The van der Waals surface area contributed by atoms with Crippen LogP contribution in [0.3, 0.4) is 0 Å². The maximum Gasteiger partial charge on any atom is 3.00 e. The third-order valence-electron chi connectivity index (χ3n) is 6.77. The number of carbonyl (C=O) groups is 6. The van der Waals surface area contributed by atoms with Gasteiger partial charge in [-0.2, -0.15) is 92.2 Å². The molecule has 0 bridgehead atoms. The third kappa shape index (κ3) is 17.2. The van der Waals surface area contributed by atoms with Crippen molar-refractivity contribution in [1.82, 2.24) is 0 Å². The van der Waals surface area contributed by atoms with Crippen molar-refractivity contribution in [2.45, 2.75) is 136 Å². The maximum atomic E-state index is 12.9. The van der Waals surface area contributed by atoms with Gasteiger partial charge in [0.2, 0.25) is 17.3 Å². The van der Waals surface area contributed by atoms with Gasteiger partial charge in [0.1, 0.15) is 17.3 Å². The first-order chi connectivity index (χ1) is 24.1. The van der Waals surface area contributed by atoms with E-state index in [9.17, 15) is 121 Å². The largest absolute Gasteiger partial charge is 3.00 e. The van der Waals surface area contributed by atoms with Gasteiger partial charge < -0.3 is 0 Å². The maximum absolute atomic E-state index is 12.9. The van der Waals surface area contributed by atoms with E-state index in [-0.39, 0.29) is 93.8 Å². The topological polar surface area (TPSA) is 102 Å². The summed E-state index contributed by atoms with van der Waals surface area (Å²) in [5, 5.41) is 0. The molecule has 0 fully saturated rings. The van der Waals surface area contributed by atoms with Gasteiger partial charge in [-0.3, -0.25) is 28.8 Å². The van der Waals surface area contributed by atoms with Crippen LogP contribution in [0.25, 0.3) is 0 Å². The molecule has 0 rings (SSSR count). The molecule has 0 aliphatic carbocycles. The smallest absolute Gasteiger partial charge is 0.299 e. The number of hydrogen-bond acceptors (Lipinski definition) is 6. The second-order valence-corrected chi connectivity index (χ2v) is 14.8. The Balaban J connectivity index is -0.000000243. The normalized spacial score (nSPS) is 13.9. The Morgan fingerprint density at radius 1 is 0.271 bits per heavy atom. The van der Waals surface area contributed by atoms with Gasteiger partial charge in [0.15, 0.2) is 0 Å². The van der Waals surface area contributed by atoms with Crippen molar-refractivity contribution < 1.29 is 215 Å². The molecule has 0 amide bonds. The number of rotatable bonds is 12. The van der Waals surface area contributed by atoms with Crippen LogP contribution < -0.4 is 0 Å². The molecule has 0 aromatic rings. The molecule has 2 radical (unpaired) electrons. The molecule has 0 aromatic carbocycles. The fourth-order valence-electron chi connectivity index (χ4n) is 2.63. The van der Waals surface area contributed by atoms with E-state index in [4.69, 9.17) is 0 Å². The van der Waals surface area contributed by atoms with Crippen molar-refractivity contribution in [2.75, 3.05) is 0 Å². The Kier molecular flexibility index (Phi) is 24.7. The molecule has 0 saturated heterocycles. The molecule has 0 unspecified atom stereocenters. The first-order valence-corrected chi connectivity index (χ1v) is 14.8. The summed E-state index contributed by atoms with van der Waals surface area (Å²) in [5.74, 6) is -49.2. The van der Waals surface area contributed by atoms with Crippen molar-refractivity contribution in [3.8, 4) is 0 Å². The Hall–Kier alpha value is -0.411. The molecule has 0 heterocycles. The van der Waals surface area contributed by atoms with Gasteiger partial charge in [0, 0.05) is 16.2 Å². The number of alkyl halides is 21. The number of Topliss-reactive ketones (excluding diaryl/α,β-unsaturated/α-hetero) is 6. The van der Waals surface area contributed by atoms with E-state index in [2.05, 4.69) is 0 Å². The van der Waals surface area contributed by atoms with Crippen molar-refractivity contribution in [3.05, 3.63) is 0 Å². The standard InChI is InChI=1S/3C10H11F7O2.2Yb/c3*1-7(2,3)5(18)4-6(19)8(11,12)9(13,14)10(15,16)17;;/h3*4H2,1-3H3;;/q;;;2*+3. The monoisotopic (exact) mass is 1240 g/mol. The fraction of sp³-hybridized carbons (Fsp3) is 0.800. The molecule has 29 heteroatoms. The molecule has 0 saturated carbocycles. The second kappa shape index (κ2) is 21.5. The third-order valence-corrected chi connectivity index (χ3v) is 6.77. The van der Waals surface area contributed by atoms with Gasteiger partial charge in [0.05, 0.1) is 19.3 Å². The molecule has 59 heavy (non-hydrogen) atoms. The molecule has 0 atom stereocenters. The second-order valence-electron chi connectivity index (χ2n) is 14.8. The van der Waals surface area contributed by atoms with Crippen LogP contribution in [0.1, 0.15) is 81.6 Å². The summed E-state index contributed by atoms with van der Waals surface area (Å²) < 4.78 is 258. The molecule has 0 spiro atoms. The van der Waals surface area contributed by atoms with E-state index in [1.807, 2.05) is 0 Å². The molecule has 0 aromatic heterocycles. The van der Waals surface area contributed by atoms with Crippen LogP contribution in [0, 0.1) is 110 Å². The molecular weight excluding hydrogens is 1200 g/mol. The molecule has 358 valence electrons. The predicted octanol–water partition coefficient (Wildman–Crippen LogP) is 10.2. The van der Waals surface area contributed by atoms with Gasteiger partial charge in [-0.25, -0.2) is 0 Å². The van der Waals surface area contributed by atoms with Crippen LogP contribution in [0.4, 0.5) is 92.2 Å². The minimum absolute atomic E-state index is 0. The number of halogens is 21. The van der Waals surface area contributed by atoms with Gasteiger partial charge in [-0.15, -0.1) is 0 Å². The van der Waals surface area contributed by atoms with Crippen LogP contribution in [0.2, 0.25) is 0 Å². The average molecular weight is 1230 g/mol. The van der Waals surface area contributed by atoms with Crippen molar-refractivity contribution in [1.29, 1.82) is 0 Å². The number of ketones is 6. The van der Waals surface area contributed by atoms with E-state index in [0.29, 0.717) is 0 Å². The van der Waals surface area contributed by atoms with Gasteiger partial charge in [-0.05, 0) is 0 Å². The molecule has 0 aliphatic rings. The minimum atomic E-state index is -6.59. The summed E-state index contributed by atoms with van der Waals surface area (Å²) in [7, 11) is 0. The SMILES string of the molecule is CC(C)(C)C(=O)CC(=O)C(F)(F)C(F)(F)C(F)(F)F.CC(C)(C)C(=O)CC(=O)C(F)(F)C(F)(F)C(F)(F)F.CC(C)(C)C(=O)CC(=O)C(F)(F)C(F)(F)C(F)(F)F.[Yb+3].[Yb+3]. The quantitative estimate of drug-likeness (QED) is 0.143. The van der Waals surface area contributed by atoms with Gasteiger partial charge in [0.25, 0.3) is 0 Å². The number of carbonyl (C=O) groups excluding carboxylic acids is 6. The van der Waals surface area contributed by atoms with Crippen LogP contribution in [0.5, 0.6) is 0 Å². The van der Waals surface area contributed by atoms with Gasteiger partial charge in [-0.1, -0.05) is 62.3 Å². The predicted molar refractivity (Wildman–Crippen MR) is 150 cm³/mol. The first kappa shape index (κ1) is 67.7. The number of hydrogen-bond donors (Lipinski definition) is 0. The van der Waals surface area contributed by atoms with Crippen molar-refractivity contribution >= 4 is 34.7 Å². The summed E-state index contributed by atoms with van der Waals surface area (Å²) in [6, 6.07) is 0. The van der Waals surface area contributed by atoms with E-state index >= 15 is 0 Å². The molecule has 0 aliphatic heterocycles. The minimum Gasteiger partial charge on any atom is -0.299 e. The van der Waals surface area contributed by atoms with Crippen LogP contribution in [-0.2, 0) is 28.8 Å². The van der Waals surface area contributed by atoms with E-state index in [1.165, 1.54) is 62.3 Å².